The summed E-state index contributed by atoms with van der Waals surface area (Å²) in [5.74, 6) is 0.709. The summed E-state index contributed by atoms with van der Waals surface area (Å²) in [6.45, 7) is 2.25. The quantitative estimate of drug-likeness (QED) is 0.263. The molecule has 0 aliphatic heterocycles. The molecule has 0 aliphatic carbocycles. The second-order valence-corrected chi connectivity index (χ2v) is 11.4. The van der Waals surface area contributed by atoms with Crippen molar-refractivity contribution in [3.8, 4) is 11.3 Å². The maximum absolute atomic E-state index is 13.1. The molecule has 0 bridgehead atoms. The third-order valence-electron chi connectivity index (χ3n) is 6.01. The first-order chi connectivity index (χ1) is 17.8. The molecule has 0 amide bonds. The van der Waals surface area contributed by atoms with Crippen molar-refractivity contribution < 1.29 is 8.42 Å². The number of aryl methyl sites for hydroxylation is 1. The molecule has 5 aromatic rings. The Morgan fingerprint density at radius 1 is 1.00 bits per heavy atom. The number of nitrogens with zero attached hydrogens (tertiary/aromatic N) is 5. The summed E-state index contributed by atoms with van der Waals surface area (Å²) < 4.78 is 30.1. The molecule has 0 radical (unpaired) electrons. The van der Waals surface area contributed by atoms with Gasteiger partial charge in [0, 0.05) is 49.2 Å². The molecule has 1 N–H and O–H groups in total. The van der Waals surface area contributed by atoms with Crippen molar-refractivity contribution in [3.63, 3.8) is 0 Å². The molecule has 188 valence electrons. The molecule has 8 nitrogen and oxygen atoms in total. The maximum atomic E-state index is 13.1. The van der Waals surface area contributed by atoms with Gasteiger partial charge >= 0.3 is 0 Å². The van der Waals surface area contributed by atoms with E-state index in [0.29, 0.717) is 24.4 Å². The van der Waals surface area contributed by atoms with Crippen LogP contribution in [0.25, 0.3) is 16.9 Å². The van der Waals surface area contributed by atoms with Crippen molar-refractivity contribution in [1.29, 1.82) is 0 Å². The molecular weight excluding hydrogens is 552 g/mol. The van der Waals surface area contributed by atoms with Crippen LogP contribution in [0.3, 0.4) is 0 Å². The number of anilines is 2. The highest BCUT2D eigenvalue weighted by molar-refractivity contribution is 9.10. The Morgan fingerprint density at radius 2 is 1.73 bits per heavy atom. The van der Waals surface area contributed by atoms with Crippen LogP contribution >= 0.6 is 15.9 Å². The van der Waals surface area contributed by atoms with Gasteiger partial charge in [-0.3, -0.25) is 4.98 Å². The van der Waals surface area contributed by atoms with Gasteiger partial charge in [-0.25, -0.2) is 17.7 Å². The second-order valence-electron chi connectivity index (χ2n) is 8.57. The molecular formula is C27H25BrN6O2S. The summed E-state index contributed by atoms with van der Waals surface area (Å²) >= 11 is 3.60. The zero-order valence-electron chi connectivity index (χ0n) is 20.3. The van der Waals surface area contributed by atoms with E-state index in [1.807, 2.05) is 61.5 Å². The highest BCUT2D eigenvalue weighted by atomic mass is 79.9. The highest BCUT2D eigenvalue weighted by Crippen LogP contribution is 2.29. The number of nitrogens with one attached hydrogen (secondary N) is 1. The molecule has 3 heterocycles. The number of hydrogen-bond donors (Lipinski definition) is 1. The fraction of sp³-hybridized carbons (Fsp3) is 0.148. The van der Waals surface area contributed by atoms with E-state index >= 15 is 0 Å². The predicted molar refractivity (Wildman–Crippen MR) is 148 cm³/mol. The topological polar surface area (TPSA) is 92.5 Å². The number of pyridine rings is 1. The molecule has 2 aromatic carbocycles. The summed E-state index contributed by atoms with van der Waals surface area (Å²) in [6.07, 6.45) is 2.25. The lowest BCUT2D eigenvalue weighted by molar-refractivity contribution is 0.471. The van der Waals surface area contributed by atoms with Crippen molar-refractivity contribution in [2.75, 3.05) is 18.9 Å². The minimum absolute atomic E-state index is 0.226. The SMILES string of the molecule is Cc1nn2c(Nc3ccc(S(=O)(=O)N(C)CCc4ccccn4)cc3)cc(-c3ccccc3)nc2c1Br. The minimum atomic E-state index is -3.63. The average Bonchev–Trinajstić information content (AvgIpc) is 3.22. The van der Waals surface area contributed by atoms with Gasteiger partial charge in [-0.1, -0.05) is 36.4 Å². The van der Waals surface area contributed by atoms with E-state index in [2.05, 4.69) is 31.3 Å². The number of hydrogen-bond acceptors (Lipinski definition) is 6. The standard InChI is InChI=1S/C27H25BrN6O2S/c1-19-26(28)27-31-24(20-8-4-3-5-9-20)18-25(34(27)32-19)30-22-11-13-23(14-12-22)37(35,36)33(2)17-15-21-10-6-7-16-29-21/h3-14,16,18,30H,15,17H2,1-2H3. The van der Waals surface area contributed by atoms with Gasteiger partial charge in [0.25, 0.3) is 0 Å². The molecule has 10 heteroatoms. The van der Waals surface area contributed by atoms with Gasteiger partial charge in [-0.05, 0) is 59.3 Å². The Hall–Kier alpha value is -3.60. The first kappa shape index (κ1) is 25.1. The monoisotopic (exact) mass is 576 g/mol. The van der Waals surface area contributed by atoms with Gasteiger partial charge in [0.2, 0.25) is 10.0 Å². The third-order valence-corrected chi connectivity index (χ3v) is 8.81. The number of benzene rings is 2. The van der Waals surface area contributed by atoms with Crippen LogP contribution in [-0.2, 0) is 16.4 Å². The number of likely N-dealkylation sites (N-methyl/N-ethyl adjacent to an activating group) is 1. The van der Waals surface area contributed by atoms with Crippen LogP contribution in [0.15, 0.2) is 94.4 Å². The molecule has 3 aromatic heterocycles. The largest absolute Gasteiger partial charge is 0.340 e. The number of halogens is 1. The predicted octanol–water partition coefficient (Wildman–Crippen LogP) is 5.47. The molecule has 0 saturated carbocycles. The first-order valence-corrected chi connectivity index (χ1v) is 13.9. The molecule has 0 unspecified atom stereocenters. The van der Waals surface area contributed by atoms with Crippen LogP contribution < -0.4 is 5.32 Å². The Bertz CT molecular complexity index is 1640. The van der Waals surface area contributed by atoms with Crippen LogP contribution in [0.5, 0.6) is 0 Å². The second kappa shape index (κ2) is 10.4. The van der Waals surface area contributed by atoms with E-state index < -0.39 is 10.0 Å². The smallest absolute Gasteiger partial charge is 0.242 e. The molecule has 0 spiro atoms. The normalized spacial score (nSPS) is 11.8. The Kier molecular flexibility index (Phi) is 7.05. The van der Waals surface area contributed by atoms with Crippen LogP contribution in [0, 0.1) is 6.92 Å². The lowest BCUT2D eigenvalue weighted by Crippen LogP contribution is -2.29. The Labute approximate surface area is 224 Å². The van der Waals surface area contributed by atoms with E-state index in [0.717, 1.165) is 32.8 Å². The molecule has 0 saturated heterocycles. The van der Waals surface area contributed by atoms with Crippen molar-refractivity contribution in [2.24, 2.45) is 0 Å². The fourth-order valence-electron chi connectivity index (χ4n) is 3.92. The number of fused-ring (bicyclic) bond motifs is 1. The zero-order chi connectivity index (χ0) is 26.0. The van der Waals surface area contributed by atoms with Crippen molar-refractivity contribution in [3.05, 3.63) is 101 Å². The van der Waals surface area contributed by atoms with Crippen LogP contribution in [0.2, 0.25) is 0 Å². The van der Waals surface area contributed by atoms with Gasteiger partial charge in [0.1, 0.15) is 5.82 Å². The summed E-state index contributed by atoms with van der Waals surface area (Å²) in [5, 5.41) is 7.98. The number of rotatable bonds is 8. The summed E-state index contributed by atoms with van der Waals surface area (Å²) in [4.78, 5) is 9.29. The summed E-state index contributed by atoms with van der Waals surface area (Å²) in [5.41, 5.74) is 4.86. The third kappa shape index (κ3) is 5.27. The van der Waals surface area contributed by atoms with Crippen molar-refractivity contribution in [1.82, 2.24) is 23.9 Å². The van der Waals surface area contributed by atoms with Gasteiger partial charge in [0.15, 0.2) is 5.65 Å². The van der Waals surface area contributed by atoms with Gasteiger partial charge in [-0.15, -0.1) is 0 Å². The minimum Gasteiger partial charge on any atom is -0.340 e. The molecule has 0 fully saturated rings. The molecule has 0 aliphatic rings. The summed E-state index contributed by atoms with van der Waals surface area (Å²) in [7, 11) is -2.05. The van der Waals surface area contributed by atoms with E-state index in [1.165, 1.54) is 4.31 Å². The van der Waals surface area contributed by atoms with E-state index in [1.54, 1.807) is 42.0 Å². The zero-order valence-corrected chi connectivity index (χ0v) is 22.7. The lowest BCUT2D eigenvalue weighted by atomic mass is 10.1. The van der Waals surface area contributed by atoms with Crippen molar-refractivity contribution in [2.45, 2.75) is 18.2 Å². The number of sulfonamides is 1. The van der Waals surface area contributed by atoms with Crippen molar-refractivity contribution >= 4 is 43.1 Å². The van der Waals surface area contributed by atoms with Crippen LogP contribution in [0.4, 0.5) is 11.5 Å². The van der Waals surface area contributed by atoms with Gasteiger partial charge < -0.3 is 5.32 Å². The van der Waals surface area contributed by atoms with Crippen LogP contribution in [-0.4, -0.2) is 45.9 Å². The Balaban J connectivity index is 1.40. The maximum Gasteiger partial charge on any atom is 0.242 e. The van der Waals surface area contributed by atoms with Gasteiger partial charge in [-0.2, -0.15) is 9.61 Å². The highest BCUT2D eigenvalue weighted by Gasteiger charge is 2.21. The number of aromatic nitrogens is 4. The van der Waals surface area contributed by atoms with Crippen LogP contribution in [0.1, 0.15) is 11.4 Å². The van der Waals surface area contributed by atoms with Gasteiger partial charge in [0.05, 0.1) is 20.8 Å². The fourth-order valence-corrected chi connectivity index (χ4v) is 5.43. The summed E-state index contributed by atoms with van der Waals surface area (Å²) in [6, 6.07) is 24.2. The van der Waals surface area contributed by atoms with E-state index in [9.17, 15) is 8.42 Å². The van der Waals surface area contributed by atoms with E-state index in [-0.39, 0.29) is 4.90 Å². The first-order valence-electron chi connectivity index (χ1n) is 11.7. The molecule has 5 rings (SSSR count). The Morgan fingerprint density at radius 3 is 2.43 bits per heavy atom. The van der Waals surface area contributed by atoms with E-state index in [4.69, 9.17) is 4.98 Å². The molecule has 37 heavy (non-hydrogen) atoms. The lowest BCUT2D eigenvalue weighted by Gasteiger charge is -2.17. The average molecular weight is 578 g/mol. The molecule has 0 atom stereocenters.